The average Bonchev–Trinajstić information content (AvgIpc) is 2.69. The molecule has 0 spiro atoms. The molecule has 0 aromatic heterocycles. The Morgan fingerprint density at radius 2 is 1.08 bits per heavy atom. The lowest BCUT2D eigenvalue weighted by Crippen LogP contribution is -2.26. The van der Waals surface area contributed by atoms with Gasteiger partial charge < -0.3 is 9.47 Å². The van der Waals surface area contributed by atoms with Gasteiger partial charge in [-0.2, -0.15) is 0 Å². The largest absolute Gasteiger partial charge is 0.497 e. The van der Waals surface area contributed by atoms with Gasteiger partial charge in [0.25, 0.3) is 8.07 Å². The van der Waals surface area contributed by atoms with Crippen LogP contribution in [0.25, 0.3) is 0 Å². The fourth-order valence-corrected chi connectivity index (χ4v) is 3.36. The molecular formula is C22H20O2Si. The van der Waals surface area contributed by atoms with E-state index in [0.29, 0.717) is 0 Å². The fraction of sp³-hybridized carbons (Fsp3) is 0.0909. The molecule has 0 saturated heterocycles. The zero-order valence-corrected chi connectivity index (χ0v) is 15.5. The van der Waals surface area contributed by atoms with Gasteiger partial charge in [0, 0.05) is 11.1 Å². The van der Waals surface area contributed by atoms with E-state index >= 15 is 0 Å². The summed E-state index contributed by atoms with van der Waals surface area (Å²) in [6.45, 7) is 7.86. The van der Waals surface area contributed by atoms with E-state index in [1.165, 1.54) is 0 Å². The number of hydrogen-bond donors (Lipinski definition) is 0. The van der Waals surface area contributed by atoms with Gasteiger partial charge in [0.05, 0.1) is 14.2 Å². The zero-order chi connectivity index (χ0) is 18.1. The van der Waals surface area contributed by atoms with Crippen LogP contribution < -0.4 is 9.47 Å². The summed E-state index contributed by atoms with van der Waals surface area (Å²) in [7, 11) is 0.874. The van der Waals surface area contributed by atoms with E-state index in [1.807, 2.05) is 59.9 Å². The van der Waals surface area contributed by atoms with Gasteiger partial charge >= 0.3 is 0 Å². The first-order valence-electron chi connectivity index (χ1n) is 7.76. The van der Waals surface area contributed by atoms with Gasteiger partial charge in [-0.25, -0.2) is 0 Å². The van der Waals surface area contributed by atoms with Crippen molar-refractivity contribution >= 4 is 8.07 Å². The van der Waals surface area contributed by atoms with E-state index in [9.17, 15) is 0 Å². The third-order valence-corrected chi connectivity index (χ3v) is 6.02. The Morgan fingerprint density at radius 1 is 0.720 bits per heavy atom. The Labute approximate surface area is 150 Å². The minimum atomic E-state index is -2.41. The molecule has 0 atom stereocenters. The molecule has 0 aliphatic heterocycles. The van der Waals surface area contributed by atoms with E-state index in [1.54, 1.807) is 14.2 Å². The molecule has 0 radical (unpaired) electrons. The Balaban J connectivity index is 2.29. The molecule has 0 saturated carbocycles. The lowest BCUT2D eigenvalue weighted by atomic mass is 10.2. The van der Waals surface area contributed by atoms with Crippen molar-refractivity contribution in [3.8, 4) is 34.4 Å². The van der Waals surface area contributed by atoms with Crippen molar-refractivity contribution in [1.82, 2.24) is 0 Å². The molecule has 2 aromatic rings. The van der Waals surface area contributed by atoms with Crippen molar-refractivity contribution in [2.24, 2.45) is 0 Å². The summed E-state index contributed by atoms with van der Waals surface area (Å²) in [5, 5.41) is 0. The number of rotatable bonds is 4. The number of benzene rings is 2. The standard InChI is InChI=1S/C22H20O2Si/c1-5-25(6-2,17-15-19-7-11-21(23-3)12-8-19)18-16-20-9-13-22(24-4)14-10-20/h5-14H,1-2H2,3-4H3. The quantitative estimate of drug-likeness (QED) is 0.614. The van der Waals surface area contributed by atoms with Crippen LogP contribution in [-0.2, 0) is 0 Å². The van der Waals surface area contributed by atoms with Crippen LogP contribution in [0, 0.1) is 22.9 Å². The van der Waals surface area contributed by atoms with Gasteiger partial charge in [0.2, 0.25) is 0 Å². The van der Waals surface area contributed by atoms with Gasteiger partial charge in [0.1, 0.15) is 11.5 Å². The number of ether oxygens (including phenoxy) is 2. The van der Waals surface area contributed by atoms with E-state index in [-0.39, 0.29) is 0 Å². The third kappa shape index (κ3) is 4.91. The van der Waals surface area contributed by atoms with Crippen LogP contribution in [-0.4, -0.2) is 22.3 Å². The highest BCUT2D eigenvalue weighted by molar-refractivity contribution is 7.02. The number of methoxy groups -OCH3 is 2. The fourth-order valence-electron chi connectivity index (χ4n) is 2.02. The van der Waals surface area contributed by atoms with Gasteiger partial charge in [-0.3, -0.25) is 0 Å². The van der Waals surface area contributed by atoms with Gasteiger partial charge in [0.15, 0.2) is 0 Å². The summed E-state index contributed by atoms with van der Waals surface area (Å²) in [4.78, 5) is 0. The van der Waals surface area contributed by atoms with Crippen molar-refractivity contribution in [3.05, 3.63) is 84.2 Å². The first kappa shape index (κ1) is 18.2. The highest BCUT2D eigenvalue weighted by Crippen LogP contribution is 2.12. The van der Waals surface area contributed by atoms with Crippen molar-refractivity contribution in [2.75, 3.05) is 14.2 Å². The average molecular weight is 344 g/mol. The second-order valence-electron chi connectivity index (χ2n) is 5.23. The Morgan fingerprint density at radius 3 is 1.36 bits per heavy atom. The maximum atomic E-state index is 5.16. The summed E-state index contributed by atoms with van der Waals surface area (Å²) in [5.41, 5.74) is 12.1. The van der Waals surface area contributed by atoms with Crippen LogP contribution >= 0.6 is 0 Å². The molecule has 25 heavy (non-hydrogen) atoms. The van der Waals surface area contributed by atoms with Crippen molar-refractivity contribution in [1.29, 1.82) is 0 Å². The summed E-state index contributed by atoms with van der Waals surface area (Å²) in [6, 6.07) is 15.2. The summed E-state index contributed by atoms with van der Waals surface area (Å²) < 4.78 is 10.3. The SMILES string of the molecule is C=C[Si](C#Cc1ccc(OC)cc1)(C#Cc1ccc(OC)cc1)C=C. The molecule has 0 N–H and O–H groups in total. The van der Waals surface area contributed by atoms with Gasteiger partial charge in [-0.15, -0.1) is 24.2 Å². The van der Waals surface area contributed by atoms with E-state index in [4.69, 9.17) is 9.47 Å². The first-order chi connectivity index (χ1) is 12.1. The minimum Gasteiger partial charge on any atom is -0.497 e. The van der Waals surface area contributed by atoms with Crippen molar-refractivity contribution in [3.63, 3.8) is 0 Å². The van der Waals surface area contributed by atoms with Crippen LogP contribution in [0.1, 0.15) is 11.1 Å². The Bertz CT molecular complexity index is 781. The topological polar surface area (TPSA) is 18.5 Å². The maximum Gasteiger partial charge on any atom is 0.261 e. The third-order valence-electron chi connectivity index (χ3n) is 3.65. The lowest BCUT2D eigenvalue weighted by Gasteiger charge is -2.07. The molecule has 0 aliphatic rings. The zero-order valence-electron chi connectivity index (χ0n) is 14.5. The molecule has 0 amide bonds. The van der Waals surface area contributed by atoms with E-state index in [2.05, 4.69) is 36.1 Å². The maximum absolute atomic E-state index is 5.16. The monoisotopic (exact) mass is 344 g/mol. The second kappa shape index (κ2) is 8.64. The molecule has 2 nitrogen and oxygen atoms in total. The molecule has 2 rings (SSSR count). The van der Waals surface area contributed by atoms with Crippen LogP contribution in [0.15, 0.2) is 73.1 Å². The predicted octanol–water partition coefficient (Wildman–Crippen LogP) is 4.08. The summed E-state index contributed by atoms with van der Waals surface area (Å²) >= 11 is 0. The van der Waals surface area contributed by atoms with Crippen LogP contribution in [0.4, 0.5) is 0 Å². The Kier molecular flexibility index (Phi) is 6.29. The van der Waals surface area contributed by atoms with E-state index < -0.39 is 8.07 Å². The molecule has 0 aliphatic carbocycles. The van der Waals surface area contributed by atoms with Crippen molar-refractivity contribution in [2.45, 2.75) is 0 Å². The second-order valence-corrected chi connectivity index (χ2v) is 8.29. The molecule has 0 fully saturated rings. The molecule has 124 valence electrons. The van der Waals surface area contributed by atoms with Gasteiger partial charge in [-0.05, 0) is 48.5 Å². The smallest absolute Gasteiger partial charge is 0.261 e. The molecule has 0 bridgehead atoms. The first-order valence-corrected chi connectivity index (χ1v) is 9.92. The van der Waals surface area contributed by atoms with Crippen LogP contribution in [0.3, 0.4) is 0 Å². The lowest BCUT2D eigenvalue weighted by molar-refractivity contribution is 0.414. The molecule has 2 aromatic carbocycles. The van der Waals surface area contributed by atoms with E-state index in [0.717, 1.165) is 22.6 Å². The van der Waals surface area contributed by atoms with Gasteiger partial charge in [-0.1, -0.05) is 23.2 Å². The Hall–Kier alpha value is -3.14. The van der Waals surface area contributed by atoms with Crippen LogP contribution in [0.2, 0.25) is 0 Å². The number of hydrogen-bond acceptors (Lipinski definition) is 2. The highest BCUT2D eigenvalue weighted by Gasteiger charge is 2.20. The molecular weight excluding hydrogens is 324 g/mol. The molecule has 3 heteroatoms. The highest BCUT2D eigenvalue weighted by atomic mass is 28.3. The molecule has 0 unspecified atom stereocenters. The van der Waals surface area contributed by atoms with Crippen LogP contribution in [0.5, 0.6) is 11.5 Å². The normalized spacial score (nSPS) is 9.68. The summed E-state index contributed by atoms with van der Waals surface area (Å²) in [6.07, 6.45) is 0. The predicted molar refractivity (Wildman–Crippen MR) is 106 cm³/mol. The van der Waals surface area contributed by atoms with Crippen molar-refractivity contribution < 1.29 is 9.47 Å². The summed E-state index contributed by atoms with van der Waals surface area (Å²) in [5.74, 6) is 7.98. The molecule has 0 heterocycles. The minimum absolute atomic E-state index is 0.806.